The summed E-state index contributed by atoms with van der Waals surface area (Å²) in [5, 5.41) is 3.12. The zero-order chi connectivity index (χ0) is 17.8. The van der Waals surface area contributed by atoms with Gasteiger partial charge in [-0.25, -0.2) is 4.79 Å². The highest BCUT2D eigenvalue weighted by molar-refractivity contribution is 5.95. The Kier molecular flexibility index (Phi) is 3.42. The molecule has 130 valence electrons. The minimum Gasteiger partial charge on any atom is -0.493 e. The number of fused-ring (bicyclic) bond motifs is 4. The lowest BCUT2D eigenvalue weighted by Crippen LogP contribution is -2.65. The zero-order valence-corrected chi connectivity index (χ0v) is 14.9. The van der Waals surface area contributed by atoms with E-state index >= 15 is 0 Å². The van der Waals surface area contributed by atoms with Gasteiger partial charge < -0.3 is 14.8 Å². The minimum absolute atomic E-state index is 0.0847. The van der Waals surface area contributed by atoms with Crippen LogP contribution in [-0.4, -0.2) is 18.9 Å². The lowest BCUT2D eigenvalue weighted by atomic mass is 9.89. The Hall–Kier alpha value is -2.69. The molecular formula is C20H22N2O3. The van der Waals surface area contributed by atoms with Crippen molar-refractivity contribution in [1.82, 2.24) is 5.32 Å². The first kappa shape index (κ1) is 15.8. The molecular weight excluding hydrogens is 316 g/mol. The highest BCUT2D eigenvalue weighted by atomic mass is 16.5. The third-order valence-corrected chi connectivity index (χ3v) is 4.95. The molecule has 0 saturated carbocycles. The molecule has 0 spiro atoms. The van der Waals surface area contributed by atoms with Gasteiger partial charge in [-0.15, -0.1) is 0 Å². The van der Waals surface area contributed by atoms with E-state index in [4.69, 9.17) is 9.47 Å². The predicted molar refractivity (Wildman–Crippen MR) is 96.3 cm³/mol. The molecule has 5 heteroatoms. The molecule has 0 radical (unpaired) electrons. The normalized spacial score (nSPS) is 24.2. The number of para-hydroxylation sites is 1. The van der Waals surface area contributed by atoms with Crippen LogP contribution in [0.3, 0.4) is 0 Å². The summed E-state index contributed by atoms with van der Waals surface area (Å²) >= 11 is 0. The number of rotatable bonds is 2. The van der Waals surface area contributed by atoms with Gasteiger partial charge in [0, 0.05) is 17.7 Å². The Labute approximate surface area is 147 Å². The number of hydrogen-bond acceptors (Lipinski definition) is 3. The maximum absolute atomic E-state index is 12.9. The van der Waals surface area contributed by atoms with E-state index in [0.717, 1.165) is 22.4 Å². The smallest absolute Gasteiger partial charge is 0.325 e. The van der Waals surface area contributed by atoms with Crippen LogP contribution >= 0.6 is 0 Å². The number of urea groups is 1. The summed E-state index contributed by atoms with van der Waals surface area (Å²) in [4.78, 5) is 14.6. The fourth-order valence-corrected chi connectivity index (χ4v) is 3.99. The Morgan fingerprint density at radius 2 is 1.96 bits per heavy atom. The average molecular weight is 338 g/mol. The van der Waals surface area contributed by atoms with E-state index < -0.39 is 5.72 Å². The molecule has 25 heavy (non-hydrogen) atoms. The molecule has 2 bridgehead atoms. The number of hydrogen-bond donors (Lipinski definition) is 1. The molecule has 5 nitrogen and oxygen atoms in total. The van der Waals surface area contributed by atoms with Gasteiger partial charge in [0.05, 0.1) is 13.2 Å². The van der Waals surface area contributed by atoms with Crippen LogP contribution in [0.25, 0.3) is 0 Å². The summed E-state index contributed by atoms with van der Waals surface area (Å²) in [5.74, 6) is 1.39. The lowest BCUT2D eigenvalue weighted by Gasteiger charge is -2.50. The first-order valence-corrected chi connectivity index (χ1v) is 8.46. The molecule has 2 aliphatic heterocycles. The van der Waals surface area contributed by atoms with Crippen molar-refractivity contribution in [2.45, 2.75) is 39.0 Å². The highest BCUT2D eigenvalue weighted by Gasteiger charge is 2.50. The van der Waals surface area contributed by atoms with Crippen molar-refractivity contribution < 1.29 is 14.3 Å². The number of carbonyl (C=O) groups is 1. The summed E-state index contributed by atoms with van der Waals surface area (Å²) in [6.45, 7) is 6.03. The largest absolute Gasteiger partial charge is 0.493 e. The molecule has 2 aromatic carbocycles. The molecule has 1 N–H and O–H groups in total. The van der Waals surface area contributed by atoms with Crippen molar-refractivity contribution in [2.75, 3.05) is 12.0 Å². The Balaban J connectivity index is 1.84. The molecule has 2 amide bonds. The van der Waals surface area contributed by atoms with E-state index in [-0.39, 0.29) is 12.1 Å². The molecule has 0 aliphatic carbocycles. The average Bonchev–Trinajstić information content (AvgIpc) is 2.52. The third kappa shape index (κ3) is 2.42. The number of aryl methyl sites for hydroxylation is 2. The maximum atomic E-state index is 12.9. The summed E-state index contributed by atoms with van der Waals surface area (Å²) in [7, 11) is 1.63. The van der Waals surface area contributed by atoms with Crippen molar-refractivity contribution >= 4 is 11.7 Å². The van der Waals surface area contributed by atoms with Crippen molar-refractivity contribution in [3.05, 3.63) is 53.1 Å². The van der Waals surface area contributed by atoms with Gasteiger partial charge in [-0.2, -0.15) is 0 Å². The van der Waals surface area contributed by atoms with Gasteiger partial charge in [-0.3, -0.25) is 4.90 Å². The topological polar surface area (TPSA) is 50.8 Å². The van der Waals surface area contributed by atoms with Gasteiger partial charge in [0.15, 0.2) is 17.2 Å². The minimum atomic E-state index is -0.769. The van der Waals surface area contributed by atoms with E-state index in [1.807, 2.05) is 51.1 Å². The second kappa shape index (κ2) is 5.41. The lowest BCUT2D eigenvalue weighted by molar-refractivity contribution is 0.0349. The number of amides is 2. The molecule has 2 aliphatic rings. The van der Waals surface area contributed by atoms with Crippen LogP contribution in [0.1, 0.15) is 36.1 Å². The zero-order valence-electron chi connectivity index (χ0n) is 14.9. The standard InChI is InChI=1S/C20H22N2O3/c1-12-8-13(2)10-14(9-12)22-19(23)21-16-11-20(22,3)25-18-15(16)6-5-7-17(18)24-4/h5-10,16H,11H2,1-4H3,(H,21,23)/t16?,20-/m1/s1. The molecule has 2 aromatic rings. The fourth-order valence-electron chi connectivity index (χ4n) is 3.99. The molecule has 1 saturated heterocycles. The summed E-state index contributed by atoms with van der Waals surface area (Å²) in [6.07, 6.45) is 0.673. The number of benzene rings is 2. The number of methoxy groups -OCH3 is 1. The monoisotopic (exact) mass is 338 g/mol. The van der Waals surface area contributed by atoms with Crippen molar-refractivity contribution in [3.8, 4) is 11.5 Å². The second-order valence-electron chi connectivity index (χ2n) is 7.04. The first-order valence-electron chi connectivity index (χ1n) is 8.46. The van der Waals surface area contributed by atoms with Gasteiger partial charge in [0.25, 0.3) is 0 Å². The Morgan fingerprint density at radius 3 is 2.64 bits per heavy atom. The van der Waals surface area contributed by atoms with E-state index in [0.29, 0.717) is 17.9 Å². The molecule has 2 heterocycles. The van der Waals surface area contributed by atoms with E-state index in [2.05, 4.69) is 11.4 Å². The van der Waals surface area contributed by atoms with Crippen LogP contribution in [0.2, 0.25) is 0 Å². The van der Waals surface area contributed by atoms with E-state index in [9.17, 15) is 4.79 Å². The molecule has 1 unspecified atom stereocenters. The summed E-state index contributed by atoms with van der Waals surface area (Å²) in [5.41, 5.74) is 3.26. The van der Waals surface area contributed by atoms with Gasteiger partial charge in [0.1, 0.15) is 0 Å². The SMILES string of the molecule is COc1cccc2c1O[C@]1(C)CC2NC(=O)N1c1cc(C)cc(C)c1. The second-order valence-corrected chi connectivity index (χ2v) is 7.04. The first-order chi connectivity index (χ1) is 11.9. The Bertz CT molecular complexity index is 844. The van der Waals surface area contributed by atoms with Crippen LogP contribution in [0, 0.1) is 13.8 Å². The number of ether oxygens (including phenoxy) is 2. The summed E-state index contributed by atoms with van der Waals surface area (Å²) in [6, 6.07) is 11.7. The van der Waals surface area contributed by atoms with E-state index in [1.165, 1.54) is 0 Å². The van der Waals surface area contributed by atoms with E-state index in [1.54, 1.807) is 12.0 Å². The van der Waals surface area contributed by atoms with Crippen molar-refractivity contribution in [1.29, 1.82) is 0 Å². The number of nitrogens with zero attached hydrogens (tertiary/aromatic N) is 1. The summed E-state index contributed by atoms with van der Waals surface area (Å²) < 4.78 is 11.8. The number of anilines is 1. The number of carbonyl (C=O) groups excluding carboxylic acids is 1. The molecule has 1 fully saturated rings. The highest BCUT2D eigenvalue weighted by Crippen LogP contribution is 2.49. The van der Waals surface area contributed by atoms with Gasteiger partial charge in [0.2, 0.25) is 0 Å². The third-order valence-electron chi connectivity index (χ3n) is 4.95. The van der Waals surface area contributed by atoms with Crippen molar-refractivity contribution in [2.24, 2.45) is 0 Å². The quantitative estimate of drug-likeness (QED) is 0.897. The molecule has 2 atom stereocenters. The maximum Gasteiger partial charge on any atom is 0.325 e. The van der Waals surface area contributed by atoms with Crippen LogP contribution in [0.15, 0.2) is 36.4 Å². The number of nitrogens with one attached hydrogen (secondary N) is 1. The van der Waals surface area contributed by atoms with Crippen LogP contribution in [0.5, 0.6) is 11.5 Å². The van der Waals surface area contributed by atoms with Gasteiger partial charge in [-0.05, 0) is 50.1 Å². The Morgan fingerprint density at radius 1 is 1.24 bits per heavy atom. The van der Waals surface area contributed by atoms with Gasteiger partial charge >= 0.3 is 6.03 Å². The fraction of sp³-hybridized carbons (Fsp3) is 0.350. The van der Waals surface area contributed by atoms with Crippen LogP contribution < -0.4 is 19.7 Å². The van der Waals surface area contributed by atoms with Crippen LogP contribution in [-0.2, 0) is 0 Å². The molecule has 0 aromatic heterocycles. The molecule has 4 rings (SSSR count). The van der Waals surface area contributed by atoms with Crippen LogP contribution in [0.4, 0.5) is 10.5 Å². The predicted octanol–water partition coefficient (Wildman–Crippen LogP) is 4.08. The van der Waals surface area contributed by atoms with Crippen molar-refractivity contribution in [3.63, 3.8) is 0 Å². The van der Waals surface area contributed by atoms with Gasteiger partial charge in [-0.1, -0.05) is 18.2 Å².